The number of hydrogen-bond acceptors (Lipinski definition) is 2. The molecule has 1 fully saturated rings. The highest BCUT2D eigenvalue weighted by Crippen LogP contribution is 2.39. The van der Waals surface area contributed by atoms with Gasteiger partial charge in [0.2, 0.25) is 5.91 Å². The number of carbonyl (C=O) groups is 1. The van der Waals surface area contributed by atoms with E-state index in [1.807, 2.05) is 61.5 Å². The Morgan fingerprint density at radius 3 is 2.50 bits per heavy atom. The standard InChI is InChI=1S/C26H27FN2O/c1-18-6-2-5-9-24(18)29-26(30)25(21-7-3-4-8-21)22-12-10-20(11-13-22)23-14-19(15-27)16-28-17-23/h2,5-6,9-14,16-17,21,25H,3-4,7-8,15H2,1H3,(H,29,30). The fraction of sp³-hybridized carbons (Fsp3) is 0.308. The largest absolute Gasteiger partial charge is 0.325 e. The van der Waals surface area contributed by atoms with Crippen molar-refractivity contribution in [3.05, 3.63) is 83.7 Å². The minimum Gasteiger partial charge on any atom is -0.325 e. The van der Waals surface area contributed by atoms with Crippen LogP contribution in [0, 0.1) is 12.8 Å². The quantitative estimate of drug-likeness (QED) is 0.515. The molecule has 0 radical (unpaired) electrons. The zero-order valence-corrected chi connectivity index (χ0v) is 17.3. The predicted molar refractivity (Wildman–Crippen MR) is 119 cm³/mol. The summed E-state index contributed by atoms with van der Waals surface area (Å²) in [5.74, 6) is 0.248. The van der Waals surface area contributed by atoms with E-state index in [9.17, 15) is 9.18 Å². The van der Waals surface area contributed by atoms with E-state index in [-0.39, 0.29) is 11.8 Å². The summed E-state index contributed by atoms with van der Waals surface area (Å²) < 4.78 is 13.0. The molecule has 0 aliphatic heterocycles. The number of para-hydroxylation sites is 1. The first-order valence-corrected chi connectivity index (χ1v) is 10.6. The van der Waals surface area contributed by atoms with E-state index < -0.39 is 6.67 Å². The molecule has 1 atom stereocenters. The van der Waals surface area contributed by atoms with Crippen molar-refractivity contribution in [3.8, 4) is 11.1 Å². The van der Waals surface area contributed by atoms with Gasteiger partial charge in [0.25, 0.3) is 0 Å². The maximum Gasteiger partial charge on any atom is 0.232 e. The lowest BCUT2D eigenvalue weighted by Gasteiger charge is -2.24. The molecule has 154 valence electrons. The Morgan fingerprint density at radius 2 is 1.80 bits per heavy atom. The second-order valence-corrected chi connectivity index (χ2v) is 8.16. The van der Waals surface area contributed by atoms with Gasteiger partial charge in [-0.05, 0) is 54.5 Å². The molecule has 0 saturated heterocycles. The van der Waals surface area contributed by atoms with Crippen molar-refractivity contribution in [1.29, 1.82) is 0 Å². The van der Waals surface area contributed by atoms with Crippen LogP contribution in [0.25, 0.3) is 11.1 Å². The first-order valence-electron chi connectivity index (χ1n) is 10.6. The van der Waals surface area contributed by atoms with E-state index in [1.54, 1.807) is 12.4 Å². The highest BCUT2D eigenvalue weighted by atomic mass is 19.1. The van der Waals surface area contributed by atoms with Gasteiger partial charge in [0.1, 0.15) is 6.67 Å². The van der Waals surface area contributed by atoms with Crippen LogP contribution in [0.5, 0.6) is 0 Å². The molecule has 1 N–H and O–H groups in total. The summed E-state index contributed by atoms with van der Waals surface area (Å²) in [5.41, 5.74) is 5.40. The molecule has 1 amide bonds. The Bertz CT molecular complexity index is 1010. The third-order valence-electron chi connectivity index (χ3n) is 6.11. The van der Waals surface area contributed by atoms with Gasteiger partial charge in [-0.2, -0.15) is 0 Å². The van der Waals surface area contributed by atoms with Crippen molar-refractivity contribution in [2.45, 2.75) is 45.2 Å². The molecule has 1 aliphatic rings. The number of hydrogen-bond donors (Lipinski definition) is 1. The summed E-state index contributed by atoms with van der Waals surface area (Å²) in [6.07, 6.45) is 7.81. The molecule has 1 heterocycles. The molecule has 1 saturated carbocycles. The first kappa shape index (κ1) is 20.3. The van der Waals surface area contributed by atoms with Crippen molar-refractivity contribution in [2.75, 3.05) is 5.32 Å². The molecule has 30 heavy (non-hydrogen) atoms. The number of carbonyl (C=O) groups excluding carboxylic acids is 1. The molecular formula is C26H27FN2O. The molecule has 2 aromatic carbocycles. The third kappa shape index (κ3) is 4.43. The number of alkyl halides is 1. The van der Waals surface area contributed by atoms with Crippen LogP contribution in [0.1, 0.15) is 48.3 Å². The third-order valence-corrected chi connectivity index (χ3v) is 6.11. The molecule has 1 unspecified atom stereocenters. The van der Waals surface area contributed by atoms with Crippen LogP contribution in [-0.4, -0.2) is 10.9 Å². The van der Waals surface area contributed by atoms with Crippen LogP contribution in [0.3, 0.4) is 0 Å². The van der Waals surface area contributed by atoms with Crippen LogP contribution in [-0.2, 0) is 11.5 Å². The highest BCUT2D eigenvalue weighted by Gasteiger charge is 2.32. The molecule has 0 bridgehead atoms. The lowest BCUT2D eigenvalue weighted by molar-refractivity contribution is -0.118. The Kier molecular flexibility index (Phi) is 6.22. The summed E-state index contributed by atoms with van der Waals surface area (Å²) >= 11 is 0. The number of nitrogens with one attached hydrogen (secondary N) is 1. The molecule has 0 spiro atoms. The smallest absolute Gasteiger partial charge is 0.232 e. The average Bonchev–Trinajstić information content (AvgIpc) is 3.30. The second kappa shape index (κ2) is 9.21. The number of pyridine rings is 1. The first-order chi connectivity index (χ1) is 14.7. The zero-order valence-electron chi connectivity index (χ0n) is 17.3. The summed E-state index contributed by atoms with van der Waals surface area (Å²) in [5, 5.41) is 3.16. The van der Waals surface area contributed by atoms with Crippen molar-refractivity contribution in [3.63, 3.8) is 0 Å². The fourth-order valence-electron chi connectivity index (χ4n) is 4.45. The number of aromatic nitrogens is 1. The second-order valence-electron chi connectivity index (χ2n) is 8.16. The normalized spacial score (nSPS) is 15.1. The van der Waals surface area contributed by atoms with Crippen molar-refractivity contribution >= 4 is 11.6 Å². The Hall–Kier alpha value is -3.01. The summed E-state index contributed by atoms with van der Waals surface area (Å²) in [6.45, 7) is 1.48. The molecule has 1 aliphatic carbocycles. The van der Waals surface area contributed by atoms with E-state index in [4.69, 9.17) is 0 Å². The van der Waals surface area contributed by atoms with Crippen LogP contribution in [0.2, 0.25) is 0 Å². The van der Waals surface area contributed by atoms with Crippen molar-refractivity contribution in [1.82, 2.24) is 4.98 Å². The van der Waals surface area contributed by atoms with Crippen molar-refractivity contribution < 1.29 is 9.18 Å². The van der Waals surface area contributed by atoms with E-state index in [0.717, 1.165) is 40.8 Å². The van der Waals surface area contributed by atoms with Gasteiger partial charge < -0.3 is 5.32 Å². The maximum atomic E-state index is 13.3. The van der Waals surface area contributed by atoms with Gasteiger partial charge in [0, 0.05) is 29.2 Å². The highest BCUT2D eigenvalue weighted by molar-refractivity contribution is 5.96. The average molecular weight is 403 g/mol. The van der Waals surface area contributed by atoms with E-state index in [0.29, 0.717) is 11.5 Å². The lowest BCUT2D eigenvalue weighted by atomic mass is 9.83. The number of benzene rings is 2. The summed E-state index contributed by atoms with van der Waals surface area (Å²) in [4.78, 5) is 17.5. The molecule has 3 nitrogen and oxygen atoms in total. The Balaban J connectivity index is 1.61. The zero-order chi connectivity index (χ0) is 20.9. The molecule has 4 heteroatoms. The SMILES string of the molecule is Cc1ccccc1NC(=O)C(c1ccc(-c2cncc(CF)c2)cc1)C1CCCC1. The van der Waals surface area contributed by atoms with Gasteiger partial charge in [0.05, 0.1) is 5.92 Å². The Labute approximate surface area is 177 Å². The molecule has 3 aromatic rings. The van der Waals surface area contributed by atoms with Crippen LogP contribution < -0.4 is 5.32 Å². The van der Waals surface area contributed by atoms with Gasteiger partial charge in [-0.15, -0.1) is 0 Å². The van der Waals surface area contributed by atoms with Crippen molar-refractivity contribution in [2.24, 2.45) is 5.92 Å². The number of aryl methyl sites for hydroxylation is 1. The summed E-state index contributed by atoms with van der Waals surface area (Å²) in [6, 6.07) is 17.8. The number of anilines is 1. The van der Waals surface area contributed by atoms with Gasteiger partial charge in [-0.25, -0.2) is 4.39 Å². The molecular weight excluding hydrogens is 375 g/mol. The van der Waals surface area contributed by atoms with Crippen LogP contribution >= 0.6 is 0 Å². The number of halogens is 1. The number of rotatable bonds is 6. The summed E-state index contributed by atoms with van der Waals surface area (Å²) in [7, 11) is 0. The Morgan fingerprint density at radius 1 is 1.07 bits per heavy atom. The van der Waals surface area contributed by atoms with Gasteiger partial charge in [0.15, 0.2) is 0 Å². The van der Waals surface area contributed by atoms with E-state index in [2.05, 4.69) is 10.3 Å². The number of amides is 1. The minimum atomic E-state index is -0.526. The lowest BCUT2D eigenvalue weighted by Crippen LogP contribution is -2.26. The molecule has 4 rings (SSSR count). The monoisotopic (exact) mass is 402 g/mol. The van der Waals surface area contributed by atoms with E-state index >= 15 is 0 Å². The predicted octanol–water partition coefficient (Wildman–Crippen LogP) is 6.44. The van der Waals surface area contributed by atoms with Gasteiger partial charge in [-0.1, -0.05) is 55.3 Å². The van der Waals surface area contributed by atoms with Crippen LogP contribution in [0.4, 0.5) is 10.1 Å². The fourth-order valence-corrected chi connectivity index (χ4v) is 4.45. The van der Waals surface area contributed by atoms with E-state index in [1.165, 1.54) is 12.8 Å². The van der Waals surface area contributed by atoms with Crippen LogP contribution in [0.15, 0.2) is 67.0 Å². The minimum absolute atomic E-state index is 0.0602. The number of nitrogens with zero attached hydrogens (tertiary/aromatic N) is 1. The van der Waals surface area contributed by atoms with Gasteiger partial charge >= 0.3 is 0 Å². The molecule has 1 aromatic heterocycles. The van der Waals surface area contributed by atoms with Gasteiger partial charge in [-0.3, -0.25) is 9.78 Å². The maximum absolute atomic E-state index is 13.3. The topological polar surface area (TPSA) is 42.0 Å².